The second-order valence-corrected chi connectivity index (χ2v) is 6.21. The highest BCUT2D eigenvalue weighted by atomic mass is 35.5. The molecule has 0 aliphatic rings. The quantitative estimate of drug-likeness (QED) is 0.541. The van der Waals surface area contributed by atoms with Crippen molar-refractivity contribution in [2.75, 3.05) is 0 Å². The highest BCUT2D eigenvalue weighted by Crippen LogP contribution is 2.22. The van der Waals surface area contributed by atoms with Gasteiger partial charge in [-0.15, -0.1) is 0 Å². The molecule has 3 aromatic rings. The smallest absolute Gasteiger partial charge is 0.290 e. The van der Waals surface area contributed by atoms with E-state index in [4.69, 9.17) is 34.8 Å². The fraction of sp³-hybridized carbons (Fsp3) is 0.0625. The second kappa shape index (κ2) is 6.81. The number of nitrogens with zero attached hydrogens (tertiary/aromatic N) is 3. The van der Waals surface area contributed by atoms with Crippen LogP contribution in [0.2, 0.25) is 15.1 Å². The molecule has 2 heterocycles. The zero-order chi connectivity index (χ0) is 17.3. The van der Waals surface area contributed by atoms with E-state index in [1.54, 1.807) is 47.9 Å². The summed E-state index contributed by atoms with van der Waals surface area (Å²) in [6.45, 7) is 1.74. The monoisotopic (exact) mass is 380 g/mol. The average Bonchev–Trinajstić information content (AvgIpc) is 2.85. The Labute approximate surface area is 152 Å². The van der Waals surface area contributed by atoms with Crippen molar-refractivity contribution in [3.63, 3.8) is 0 Å². The molecule has 0 fully saturated rings. The standard InChI is InChI=1S/C16H11Cl3N4O/c1-9-15(23-8-10(17)5-6-14(23)21-9)16(24)22-20-7-11-12(18)3-2-4-13(11)19/h2-8H,1H3,(H,22,24)/b20-7+. The molecule has 8 heteroatoms. The molecule has 3 rings (SSSR count). The number of benzene rings is 1. The van der Waals surface area contributed by atoms with Gasteiger partial charge in [0.15, 0.2) is 0 Å². The number of aryl methyl sites for hydroxylation is 1. The number of halogens is 3. The van der Waals surface area contributed by atoms with Gasteiger partial charge in [-0.2, -0.15) is 5.10 Å². The number of hydrogen-bond donors (Lipinski definition) is 1. The summed E-state index contributed by atoms with van der Waals surface area (Å²) in [5, 5.41) is 5.31. The molecule has 0 unspecified atom stereocenters. The summed E-state index contributed by atoms with van der Waals surface area (Å²) < 4.78 is 1.62. The van der Waals surface area contributed by atoms with Gasteiger partial charge in [0.1, 0.15) is 11.3 Å². The van der Waals surface area contributed by atoms with E-state index in [1.807, 2.05) is 0 Å². The summed E-state index contributed by atoms with van der Waals surface area (Å²) in [5.74, 6) is -0.415. The Kier molecular flexibility index (Phi) is 4.76. The van der Waals surface area contributed by atoms with Gasteiger partial charge in [0.2, 0.25) is 0 Å². The van der Waals surface area contributed by atoms with Crippen molar-refractivity contribution < 1.29 is 4.79 Å². The number of carbonyl (C=O) groups is 1. The van der Waals surface area contributed by atoms with Crippen molar-refractivity contribution in [2.24, 2.45) is 5.10 Å². The molecule has 0 saturated carbocycles. The minimum atomic E-state index is -0.415. The van der Waals surface area contributed by atoms with E-state index >= 15 is 0 Å². The van der Waals surface area contributed by atoms with Gasteiger partial charge in [0.05, 0.1) is 27.0 Å². The maximum atomic E-state index is 12.4. The van der Waals surface area contributed by atoms with Crippen LogP contribution in [0.3, 0.4) is 0 Å². The van der Waals surface area contributed by atoms with Gasteiger partial charge in [-0.3, -0.25) is 9.20 Å². The fourth-order valence-corrected chi connectivity index (χ4v) is 2.91. The molecule has 1 amide bonds. The second-order valence-electron chi connectivity index (χ2n) is 4.96. The van der Waals surface area contributed by atoms with E-state index in [2.05, 4.69) is 15.5 Å². The average molecular weight is 382 g/mol. The Hall–Kier alpha value is -2.08. The number of hydrogen-bond acceptors (Lipinski definition) is 3. The number of fused-ring (bicyclic) bond motifs is 1. The van der Waals surface area contributed by atoms with Crippen molar-refractivity contribution in [2.45, 2.75) is 6.92 Å². The van der Waals surface area contributed by atoms with E-state index < -0.39 is 5.91 Å². The van der Waals surface area contributed by atoms with Gasteiger partial charge in [0, 0.05) is 11.8 Å². The Morgan fingerprint density at radius 1 is 1.21 bits per heavy atom. The van der Waals surface area contributed by atoms with Crippen molar-refractivity contribution >= 4 is 52.6 Å². The van der Waals surface area contributed by atoms with Crippen LogP contribution in [0.25, 0.3) is 5.65 Å². The normalized spacial score (nSPS) is 11.3. The summed E-state index contributed by atoms with van der Waals surface area (Å²) >= 11 is 18.1. The molecule has 5 nitrogen and oxygen atoms in total. The van der Waals surface area contributed by atoms with Crippen molar-refractivity contribution in [1.82, 2.24) is 14.8 Å². The lowest BCUT2D eigenvalue weighted by Gasteiger charge is -2.03. The molecule has 0 aliphatic carbocycles. The molecule has 2 aromatic heterocycles. The van der Waals surface area contributed by atoms with Gasteiger partial charge < -0.3 is 0 Å². The van der Waals surface area contributed by atoms with E-state index in [9.17, 15) is 4.79 Å². The Morgan fingerprint density at radius 3 is 2.62 bits per heavy atom. The lowest BCUT2D eigenvalue weighted by Crippen LogP contribution is -2.20. The Bertz CT molecular complexity index is 945. The molecule has 0 bridgehead atoms. The van der Waals surface area contributed by atoms with Gasteiger partial charge in [0.25, 0.3) is 5.91 Å². The molecule has 0 atom stereocenters. The molecule has 0 spiro atoms. The fourth-order valence-electron chi connectivity index (χ4n) is 2.25. The molecule has 0 aliphatic heterocycles. The molecule has 1 N–H and O–H groups in total. The first kappa shape index (κ1) is 16.8. The van der Waals surface area contributed by atoms with Gasteiger partial charge in [-0.1, -0.05) is 40.9 Å². The molecular formula is C16H11Cl3N4O. The van der Waals surface area contributed by atoms with Gasteiger partial charge in [-0.05, 0) is 31.2 Å². The molecule has 0 radical (unpaired) electrons. The lowest BCUT2D eigenvalue weighted by molar-refractivity contribution is 0.0948. The Morgan fingerprint density at radius 2 is 1.92 bits per heavy atom. The zero-order valence-corrected chi connectivity index (χ0v) is 14.7. The van der Waals surface area contributed by atoms with E-state index in [0.29, 0.717) is 37.7 Å². The summed E-state index contributed by atoms with van der Waals surface area (Å²) in [4.78, 5) is 16.7. The number of imidazole rings is 1. The summed E-state index contributed by atoms with van der Waals surface area (Å²) in [5.41, 5.74) is 4.53. The number of aromatic nitrogens is 2. The van der Waals surface area contributed by atoms with Crippen LogP contribution in [0.15, 0.2) is 41.6 Å². The van der Waals surface area contributed by atoms with Gasteiger partial charge >= 0.3 is 0 Å². The highest BCUT2D eigenvalue weighted by molar-refractivity contribution is 6.38. The van der Waals surface area contributed by atoms with E-state index in [0.717, 1.165) is 0 Å². The number of carbonyl (C=O) groups excluding carboxylic acids is 1. The molecular weight excluding hydrogens is 371 g/mol. The predicted octanol–water partition coefficient (Wildman–Crippen LogP) is 4.37. The summed E-state index contributed by atoms with van der Waals surface area (Å²) in [7, 11) is 0. The van der Waals surface area contributed by atoms with Crippen molar-refractivity contribution in [1.29, 1.82) is 0 Å². The first-order valence-corrected chi connectivity index (χ1v) is 8.02. The minimum Gasteiger partial charge on any atom is -0.294 e. The number of rotatable bonds is 3. The third-order valence-electron chi connectivity index (χ3n) is 3.33. The Balaban J connectivity index is 1.87. The topological polar surface area (TPSA) is 58.8 Å². The molecule has 1 aromatic carbocycles. The number of amides is 1. The van der Waals surface area contributed by atoms with Crippen LogP contribution in [0.5, 0.6) is 0 Å². The zero-order valence-electron chi connectivity index (χ0n) is 12.4. The maximum absolute atomic E-state index is 12.4. The minimum absolute atomic E-state index is 0.356. The molecule has 122 valence electrons. The van der Waals surface area contributed by atoms with E-state index in [-0.39, 0.29) is 0 Å². The third kappa shape index (κ3) is 3.24. The van der Waals surface area contributed by atoms with Crippen LogP contribution in [0, 0.1) is 6.92 Å². The molecule has 0 saturated heterocycles. The SMILES string of the molecule is Cc1nc2ccc(Cl)cn2c1C(=O)N/N=C/c1c(Cl)cccc1Cl. The third-order valence-corrected chi connectivity index (χ3v) is 4.21. The number of hydrazone groups is 1. The van der Waals surface area contributed by atoms with E-state index in [1.165, 1.54) is 6.21 Å². The molecule has 24 heavy (non-hydrogen) atoms. The maximum Gasteiger partial charge on any atom is 0.290 e. The van der Waals surface area contributed by atoms with Crippen molar-refractivity contribution in [3.8, 4) is 0 Å². The van der Waals surface area contributed by atoms with Gasteiger partial charge in [-0.25, -0.2) is 10.4 Å². The van der Waals surface area contributed by atoms with Crippen LogP contribution in [0.1, 0.15) is 21.7 Å². The highest BCUT2D eigenvalue weighted by Gasteiger charge is 2.16. The number of pyridine rings is 1. The van der Waals surface area contributed by atoms with Crippen LogP contribution >= 0.6 is 34.8 Å². The first-order valence-electron chi connectivity index (χ1n) is 6.89. The summed E-state index contributed by atoms with van der Waals surface area (Å²) in [6, 6.07) is 8.55. The van der Waals surface area contributed by atoms with Crippen LogP contribution in [-0.2, 0) is 0 Å². The van der Waals surface area contributed by atoms with Crippen LogP contribution in [-0.4, -0.2) is 21.5 Å². The lowest BCUT2D eigenvalue weighted by atomic mass is 10.2. The van der Waals surface area contributed by atoms with Crippen LogP contribution < -0.4 is 5.43 Å². The summed E-state index contributed by atoms with van der Waals surface area (Å²) in [6.07, 6.45) is 3.02. The first-order chi connectivity index (χ1) is 11.5. The predicted molar refractivity (Wildman–Crippen MR) is 96.5 cm³/mol. The van der Waals surface area contributed by atoms with Crippen LogP contribution in [0.4, 0.5) is 0 Å². The van der Waals surface area contributed by atoms with Crippen molar-refractivity contribution in [3.05, 3.63) is 68.5 Å². The number of nitrogens with one attached hydrogen (secondary N) is 1. The largest absolute Gasteiger partial charge is 0.294 e.